The van der Waals surface area contributed by atoms with Crippen molar-refractivity contribution in [2.24, 2.45) is 5.92 Å². The van der Waals surface area contributed by atoms with E-state index < -0.39 is 0 Å². The van der Waals surface area contributed by atoms with Crippen LogP contribution in [0.15, 0.2) is 30.3 Å². The molecule has 20 heavy (non-hydrogen) atoms. The third-order valence-corrected chi connectivity index (χ3v) is 4.01. The van der Waals surface area contributed by atoms with E-state index in [1.54, 1.807) is 0 Å². The molecule has 0 spiro atoms. The maximum atomic E-state index is 12.3. The van der Waals surface area contributed by atoms with Crippen molar-refractivity contribution in [1.82, 2.24) is 16.2 Å². The molecule has 1 aromatic rings. The quantitative estimate of drug-likeness (QED) is 0.759. The van der Waals surface area contributed by atoms with Crippen LogP contribution in [0.4, 0.5) is 0 Å². The van der Waals surface area contributed by atoms with Gasteiger partial charge in [0.2, 0.25) is 5.91 Å². The number of rotatable bonds is 4. The highest BCUT2D eigenvalue weighted by Gasteiger charge is 2.34. The lowest BCUT2D eigenvalue weighted by molar-refractivity contribution is -0.125. The van der Waals surface area contributed by atoms with Gasteiger partial charge in [-0.2, -0.15) is 0 Å². The van der Waals surface area contributed by atoms with Crippen molar-refractivity contribution < 1.29 is 9.53 Å². The van der Waals surface area contributed by atoms with E-state index in [2.05, 4.69) is 16.2 Å². The zero-order valence-electron chi connectivity index (χ0n) is 11.5. The summed E-state index contributed by atoms with van der Waals surface area (Å²) >= 11 is 0. The standard InChI is InChI=1S/C15H21N3O2/c19-15(16-9-12-7-4-8-20-12)13-10-17-18-14(13)11-5-2-1-3-6-11/h1-3,5-6,12-14,17-18H,4,7-10H2,(H,16,19). The van der Waals surface area contributed by atoms with E-state index in [4.69, 9.17) is 4.74 Å². The highest BCUT2D eigenvalue weighted by Crippen LogP contribution is 2.24. The maximum absolute atomic E-state index is 12.3. The molecule has 2 heterocycles. The molecule has 0 radical (unpaired) electrons. The van der Waals surface area contributed by atoms with Gasteiger partial charge >= 0.3 is 0 Å². The fraction of sp³-hybridized carbons (Fsp3) is 0.533. The monoisotopic (exact) mass is 275 g/mol. The van der Waals surface area contributed by atoms with Crippen LogP contribution < -0.4 is 16.2 Å². The van der Waals surface area contributed by atoms with Gasteiger partial charge in [0.1, 0.15) is 0 Å². The minimum atomic E-state index is -0.0844. The second-order valence-corrected chi connectivity index (χ2v) is 5.40. The van der Waals surface area contributed by atoms with Crippen LogP contribution in [-0.4, -0.2) is 31.7 Å². The van der Waals surface area contributed by atoms with Crippen LogP contribution in [0, 0.1) is 5.92 Å². The molecule has 5 heteroatoms. The Morgan fingerprint density at radius 2 is 2.20 bits per heavy atom. The second kappa shape index (κ2) is 6.35. The normalized spacial score (nSPS) is 29.5. The van der Waals surface area contributed by atoms with Gasteiger partial charge in [0, 0.05) is 19.7 Å². The summed E-state index contributed by atoms with van der Waals surface area (Å²) in [6.07, 6.45) is 2.33. The molecule has 0 aromatic heterocycles. The highest BCUT2D eigenvalue weighted by molar-refractivity contribution is 5.80. The number of carbonyl (C=O) groups is 1. The third-order valence-electron chi connectivity index (χ3n) is 4.01. The predicted octanol–water partition coefficient (Wildman–Crippen LogP) is 0.747. The summed E-state index contributed by atoms with van der Waals surface area (Å²) < 4.78 is 5.53. The summed E-state index contributed by atoms with van der Waals surface area (Å²) in [6.45, 7) is 2.09. The number of amides is 1. The SMILES string of the molecule is O=C(NCC1CCCO1)C1CNNC1c1ccccc1. The molecule has 5 nitrogen and oxygen atoms in total. The Balaban J connectivity index is 1.58. The molecule has 3 unspecified atom stereocenters. The Hall–Kier alpha value is -1.43. The fourth-order valence-corrected chi connectivity index (χ4v) is 2.87. The summed E-state index contributed by atoms with van der Waals surface area (Å²) in [6, 6.07) is 10.1. The maximum Gasteiger partial charge on any atom is 0.226 e. The van der Waals surface area contributed by atoms with E-state index in [1.165, 1.54) is 0 Å². The van der Waals surface area contributed by atoms with Crippen LogP contribution in [0.5, 0.6) is 0 Å². The van der Waals surface area contributed by atoms with Crippen LogP contribution in [-0.2, 0) is 9.53 Å². The van der Waals surface area contributed by atoms with E-state index in [1.807, 2.05) is 30.3 Å². The van der Waals surface area contributed by atoms with Gasteiger partial charge in [-0.05, 0) is 18.4 Å². The van der Waals surface area contributed by atoms with Gasteiger partial charge in [-0.25, -0.2) is 5.43 Å². The Labute approximate surface area is 119 Å². The number of hydrazine groups is 1. The van der Waals surface area contributed by atoms with Gasteiger partial charge < -0.3 is 10.1 Å². The van der Waals surface area contributed by atoms with Gasteiger partial charge in [-0.3, -0.25) is 10.2 Å². The first kappa shape index (κ1) is 13.5. The van der Waals surface area contributed by atoms with Gasteiger partial charge in [0.15, 0.2) is 0 Å². The van der Waals surface area contributed by atoms with E-state index in [0.29, 0.717) is 13.1 Å². The third kappa shape index (κ3) is 3.00. The number of hydrogen-bond acceptors (Lipinski definition) is 4. The number of hydrogen-bond donors (Lipinski definition) is 3. The first-order valence-corrected chi connectivity index (χ1v) is 7.27. The largest absolute Gasteiger partial charge is 0.376 e. The van der Waals surface area contributed by atoms with Crippen LogP contribution in [0.1, 0.15) is 24.4 Å². The van der Waals surface area contributed by atoms with Crippen molar-refractivity contribution in [2.75, 3.05) is 19.7 Å². The van der Waals surface area contributed by atoms with Gasteiger partial charge in [-0.15, -0.1) is 0 Å². The number of nitrogens with one attached hydrogen (secondary N) is 3. The molecule has 1 aromatic carbocycles. The molecular weight excluding hydrogens is 254 g/mol. The van der Waals surface area contributed by atoms with Crippen molar-refractivity contribution in [3.05, 3.63) is 35.9 Å². The van der Waals surface area contributed by atoms with Crippen LogP contribution in [0.25, 0.3) is 0 Å². The second-order valence-electron chi connectivity index (χ2n) is 5.40. The lowest BCUT2D eigenvalue weighted by Gasteiger charge is -2.19. The molecular formula is C15H21N3O2. The average Bonchev–Trinajstić information content (AvgIpc) is 3.17. The summed E-state index contributed by atoms with van der Waals surface area (Å²) in [5, 5.41) is 3.02. The Kier molecular flexibility index (Phi) is 4.30. The van der Waals surface area contributed by atoms with Crippen molar-refractivity contribution >= 4 is 5.91 Å². The molecule has 108 valence electrons. The predicted molar refractivity (Wildman–Crippen MR) is 75.8 cm³/mol. The van der Waals surface area contributed by atoms with Crippen molar-refractivity contribution in [1.29, 1.82) is 0 Å². The van der Waals surface area contributed by atoms with Crippen molar-refractivity contribution in [3.8, 4) is 0 Å². The molecule has 0 bridgehead atoms. The Morgan fingerprint density at radius 3 is 2.95 bits per heavy atom. The first-order chi connectivity index (χ1) is 9.84. The smallest absolute Gasteiger partial charge is 0.226 e. The number of benzene rings is 1. The Morgan fingerprint density at radius 1 is 1.35 bits per heavy atom. The molecule has 0 aliphatic carbocycles. The van der Waals surface area contributed by atoms with Gasteiger partial charge in [0.25, 0.3) is 0 Å². The minimum Gasteiger partial charge on any atom is -0.376 e. The minimum absolute atomic E-state index is 0.0284. The van der Waals surface area contributed by atoms with E-state index in [-0.39, 0.29) is 24.0 Å². The molecule has 0 saturated carbocycles. The molecule has 2 aliphatic heterocycles. The zero-order chi connectivity index (χ0) is 13.8. The van der Waals surface area contributed by atoms with Crippen LogP contribution in [0.2, 0.25) is 0 Å². The average molecular weight is 275 g/mol. The van der Waals surface area contributed by atoms with E-state index in [0.717, 1.165) is 25.0 Å². The van der Waals surface area contributed by atoms with Crippen molar-refractivity contribution in [3.63, 3.8) is 0 Å². The lowest BCUT2D eigenvalue weighted by Crippen LogP contribution is -2.39. The molecule has 2 aliphatic rings. The molecule has 2 saturated heterocycles. The summed E-state index contributed by atoms with van der Waals surface area (Å²) in [5.74, 6) is 0.00524. The molecule has 2 fully saturated rings. The molecule has 3 N–H and O–H groups in total. The fourth-order valence-electron chi connectivity index (χ4n) is 2.87. The molecule has 3 rings (SSSR count). The summed E-state index contributed by atoms with van der Waals surface area (Å²) in [5.41, 5.74) is 7.41. The zero-order valence-corrected chi connectivity index (χ0v) is 11.5. The van der Waals surface area contributed by atoms with E-state index in [9.17, 15) is 4.79 Å². The number of carbonyl (C=O) groups excluding carboxylic acids is 1. The van der Waals surface area contributed by atoms with Gasteiger partial charge in [-0.1, -0.05) is 30.3 Å². The van der Waals surface area contributed by atoms with Crippen LogP contribution in [0.3, 0.4) is 0 Å². The Bertz CT molecular complexity index is 446. The first-order valence-electron chi connectivity index (χ1n) is 7.27. The highest BCUT2D eigenvalue weighted by atomic mass is 16.5. The molecule has 1 amide bonds. The van der Waals surface area contributed by atoms with E-state index >= 15 is 0 Å². The van der Waals surface area contributed by atoms with Crippen LogP contribution >= 0.6 is 0 Å². The lowest BCUT2D eigenvalue weighted by atomic mass is 9.94. The van der Waals surface area contributed by atoms with Gasteiger partial charge in [0.05, 0.1) is 18.1 Å². The van der Waals surface area contributed by atoms with Crippen molar-refractivity contribution in [2.45, 2.75) is 25.0 Å². The molecule has 3 atom stereocenters. The summed E-state index contributed by atoms with van der Waals surface area (Å²) in [4.78, 5) is 12.3. The summed E-state index contributed by atoms with van der Waals surface area (Å²) in [7, 11) is 0. The topological polar surface area (TPSA) is 62.4 Å². The number of ether oxygens (including phenoxy) is 1.